The molecular weight excluding hydrogens is 748 g/mol. The summed E-state index contributed by atoms with van der Waals surface area (Å²) in [5, 5.41) is 30.2. The third kappa shape index (κ3) is 6.61. The van der Waals surface area contributed by atoms with E-state index in [1.807, 2.05) is 54.9 Å². The standard InChI is InChI=1S/2C21H23N3O5/c2*1-21(2,11-28-3)17-10-24-19(12-6-5-7-16(29-4)18(12)22-24)14-8-15(25)13(20(26)27)9-23(14)17/h2*5-9,17H,10-11H2,1-4H3,(H,26,27)/t2*17-/m10/s1. The third-order valence-corrected chi connectivity index (χ3v) is 11.2. The Morgan fingerprint density at radius 2 is 1.05 bits per heavy atom. The van der Waals surface area contributed by atoms with Gasteiger partial charge < -0.3 is 38.3 Å². The Hall–Kier alpha value is -6.26. The molecule has 6 aromatic rings. The highest BCUT2D eigenvalue weighted by Gasteiger charge is 2.40. The Balaban J connectivity index is 0.000000177. The first kappa shape index (κ1) is 40.0. The first-order valence-corrected chi connectivity index (χ1v) is 18.6. The van der Waals surface area contributed by atoms with Gasteiger partial charge in [-0.15, -0.1) is 0 Å². The van der Waals surface area contributed by atoms with Gasteiger partial charge in [-0.25, -0.2) is 9.59 Å². The normalized spacial score (nSPS) is 15.8. The number of hydrogen-bond acceptors (Lipinski definition) is 10. The Morgan fingerprint density at radius 3 is 1.38 bits per heavy atom. The molecule has 4 aromatic heterocycles. The van der Waals surface area contributed by atoms with Crippen molar-refractivity contribution in [1.82, 2.24) is 28.7 Å². The number of fused-ring (bicyclic) bond motifs is 10. The largest absolute Gasteiger partial charge is 0.494 e. The maximum absolute atomic E-state index is 12.5. The van der Waals surface area contributed by atoms with E-state index in [9.17, 15) is 29.4 Å². The number of nitrogens with zero attached hydrogens (tertiary/aromatic N) is 6. The van der Waals surface area contributed by atoms with Gasteiger partial charge in [0.15, 0.2) is 10.9 Å². The van der Waals surface area contributed by atoms with Crippen LogP contribution < -0.4 is 20.3 Å². The van der Waals surface area contributed by atoms with E-state index in [4.69, 9.17) is 29.1 Å². The Kier molecular flexibility index (Phi) is 10.3. The second-order valence-corrected chi connectivity index (χ2v) is 15.9. The third-order valence-electron chi connectivity index (χ3n) is 11.2. The summed E-state index contributed by atoms with van der Waals surface area (Å²) in [4.78, 5) is 48.3. The van der Waals surface area contributed by atoms with E-state index >= 15 is 0 Å². The highest BCUT2D eigenvalue weighted by molar-refractivity contribution is 5.98. The quantitative estimate of drug-likeness (QED) is 0.175. The molecule has 58 heavy (non-hydrogen) atoms. The van der Waals surface area contributed by atoms with E-state index in [2.05, 4.69) is 27.7 Å². The van der Waals surface area contributed by atoms with Crippen LogP contribution in [0.4, 0.5) is 0 Å². The molecule has 0 unspecified atom stereocenters. The molecule has 2 N–H and O–H groups in total. The van der Waals surface area contributed by atoms with E-state index < -0.39 is 22.8 Å². The molecule has 0 bridgehead atoms. The van der Waals surface area contributed by atoms with Crippen LogP contribution in [0.5, 0.6) is 11.5 Å². The number of methoxy groups -OCH3 is 4. The van der Waals surface area contributed by atoms with Gasteiger partial charge >= 0.3 is 11.9 Å². The van der Waals surface area contributed by atoms with Crippen LogP contribution in [-0.2, 0) is 22.6 Å². The van der Waals surface area contributed by atoms with Crippen molar-refractivity contribution in [1.29, 1.82) is 0 Å². The molecule has 16 heteroatoms. The molecule has 2 atom stereocenters. The fraction of sp³-hybridized carbons (Fsp3) is 0.381. The van der Waals surface area contributed by atoms with Crippen molar-refractivity contribution >= 4 is 33.7 Å². The van der Waals surface area contributed by atoms with E-state index in [0.29, 0.717) is 60.2 Å². The maximum atomic E-state index is 12.5. The van der Waals surface area contributed by atoms with E-state index in [0.717, 1.165) is 22.2 Å². The molecule has 0 aliphatic carbocycles. The van der Waals surface area contributed by atoms with Crippen molar-refractivity contribution in [3.63, 3.8) is 0 Å². The van der Waals surface area contributed by atoms with Crippen LogP contribution in [0.15, 0.2) is 70.5 Å². The molecule has 2 aliphatic heterocycles. The summed E-state index contributed by atoms with van der Waals surface area (Å²) in [5.41, 5.74) is 2.00. The minimum atomic E-state index is -1.24. The van der Waals surface area contributed by atoms with Gasteiger partial charge in [0, 0.05) is 60.3 Å². The smallest absolute Gasteiger partial charge is 0.341 e. The van der Waals surface area contributed by atoms with Crippen molar-refractivity contribution in [3.05, 3.63) is 92.5 Å². The number of pyridine rings is 2. The molecular formula is C42H46N6O10. The van der Waals surface area contributed by atoms with Gasteiger partial charge in [0.25, 0.3) is 0 Å². The van der Waals surface area contributed by atoms with Crippen LogP contribution in [0.25, 0.3) is 44.6 Å². The van der Waals surface area contributed by atoms with Gasteiger partial charge in [-0.2, -0.15) is 10.2 Å². The number of carboxylic acids is 2. The molecule has 0 fully saturated rings. The number of rotatable bonds is 10. The summed E-state index contributed by atoms with van der Waals surface area (Å²) in [7, 11) is 6.46. The summed E-state index contributed by atoms with van der Waals surface area (Å²) in [6.07, 6.45) is 2.90. The molecule has 0 amide bonds. The number of hydrogen-bond donors (Lipinski definition) is 2. The average molecular weight is 795 g/mol. The lowest BCUT2D eigenvalue weighted by Crippen LogP contribution is -2.39. The van der Waals surface area contributed by atoms with Crippen LogP contribution in [0.3, 0.4) is 0 Å². The summed E-state index contributed by atoms with van der Waals surface area (Å²) >= 11 is 0. The molecule has 0 radical (unpaired) electrons. The van der Waals surface area contributed by atoms with Crippen LogP contribution in [0, 0.1) is 10.8 Å². The Morgan fingerprint density at radius 1 is 0.672 bits per heavy atom. The molecule has 8 rings (SSSR count). The number of aromatic nitrogens is 6. The fourth-order valence-corrected chi connectivity index (χ4v) is 8.39. The molecule has 0 saturated heterocycles. The van der Waals surface area contributed by atoms with Crippen molar-refractivity contribution in [2.75, 3.05) is 41.7 Å². The van der Waals surface area contributed by atoms with Crippen molar-refractivity contribution in [3.8, 4) is 34.3 Å². The van der Waals surface area contributed by atoms with Gasteiger partial charge in [-0.1, -0.05) is 52.0 Å². The van der Waals surface area contributed by atoms with Gasteiger partial charge in [0.2, 0.25) is 0 Å². The minimum absolute atomic E-state index is 0.163. The van der Waals surface area contributed by atoms with E-state index in [1.165, 1.54) is 24.5 Å². The minimum Gasteiger partial charge on any atom is -0.494 e. The summed E-state index contributed by atoms with van der Waals surface area (Å²) in [6, 6.07) is 13.7. The lowest BCUT2D eigenvalue weighted by Gasteiger charge is -2.40. The SMILES string of the molecule is COCC(C)(C)[C@@H]1Cn2nc3c(OC)cccc3c2-c2cc(=O)c(C(=O)O)cn21.COCC(C)(C)[C@H]1Cn2nc3c(OC)cccc3c2-c2cc(=O)c(C(=O)O)cn21. The predicted molar refractivity (Wildman–Crippen MR) is 215 cm³/mol. The molecule has 304 valence electrons. The molecule has 6 heterocycles. The zero-order valence-corrected chi connectivity index (χ0v) is 33.6. The zero-order valence-electron chi connectivity index (χ0n) is 33.6. The summed E-state index contributed by atoms with van der Waals surface area (Å²) in [5.74, 6) is -1.18. The zero-order chi connectivity index (χ0) is 41.8. The monoisotopic (exact) mass is 794 g/mol. The second-order valence-electron chi connectivity index (χ2n) is 15.9. The van der Waals surface area contributed by atoms with Crippen LogP contribution in [-0.4, -0.2) is 92.5 Å². The van der Waals surface area contributed by atoms with Crippen molar-refractivity contribution in [2.45, 2.75) is 52.9 Å². The van der Waals surface area contributed by atoms with Crippen LogP contribution in [0.1, 0.15) is 60.5 Å². The molecule has 16 nitrogen and oxygen atoms in total. The van der Waals surface area contributed by atoms with Gasteiger partial charge in [0.1, 0.15) is 33.7 Å². The molecule has 2 aliphatic rings. The highest BCUT2D eigenvalue weighted by Crippen LogP contribution is 2.45. The number of carboxylic acid groups (broad SMARTS) is 2. The molecule has 0 saturated carbocycles. The second kappa shape index (κ2) is 14.9. The highest BCUT2D eigenvalue weighted by atomic mass is 16.5. The van der Waals surface area contributed by atoms with Crippen molar-refractivity contribution < 1.29 is 38.7 Å². The van der Waals surface area contributed by atoms with E-state index in [1.54, 1.807) is 28.4 Å². The lowest BCUT2D eigenvalue weighted by molar-refractivity contribution is 0.0530. The topological polar surface area (TPSA) is 191 Å². The van der Waals surface area contributed by atoms with Gasteiger partial charge in [-0.3, -0.25) is 19.0 Å². The fourth-order valence-electron chi connectivity index (χ4n) is 8.39. The molecule has 2 aromatic carbocycles. The van der Waals surface area contributed by atoms with E-state index in [-0.39, 0.29) is 34.0 Å². The number of aromatic carboxylic acids is 2. The number of benzene rings is 2. The average Bonchev–Trinajstić information content (AvgIpc) is 3.75. The number of carbonyl (C=O) groups is 2. The first-order valence-electron chi connectivity index (χ1n) is 18.6. The lowest BCUT2D eigenvalue weighted by atomic mass is 9.83. The van der Waals surface area contributed by atoms with Crippen molar-refractivity contribution in [2.24, 2.45) is 10.8 Å². The first-order chi connectivity index (χ1) is 27.6. The van der Waals surface area contributed by atoms with Crippen LogP contribution in [0.2, 0.25) is 0 Å². The van der Waals surface area contributed by atoms with Gasteiger partial charge in [0.05, 0.1) is 75.4 Å². The predicted octanol–water partition coefficient (Wildman–Crippen LogP) is 5.60. The summed E-state index contributed by atoms with van der Waals surface area (Å²) < 4.78 is 29.3. The van der Waals surface area contributed by atoms with Crippen LogP contribution >= 0.6 is 0 Å². The Labute approximate surface area is 332 Å². The number of ether oxygens (including phenoxy) is 4. The molecule has 0 spiro atoms. The maximum Gasteiger partial charge on any atom is 0.341 e. The van der Waals surface area contributed by atoms with Gasteiger partial charge in [-0.05, 0) is 12.1 Å². The Bertz CT molecular complexity index is 2540. The summed E-state index contributed by atoms with van der Waals surface area (Å²) in [6.45, 7) is 10.2.